The van der Waals surface area contributed by atoms with E-state index in [0.29, 0.717) is 6.42 Å². The molecule has 1 aliphatic carbocycles. The molecule has 0 amide bonds. The van der Waals surface area contributed by atoms with E-state index >= 15 is 0 Å². The van der Waals surface area contributed by atoms with Crippen LogP contribution in [0.5, 0.6) is 0 Å². The fourth-order valence-corrected chi connectivity index (χ4v) is 1.20. The highest BCUT2D eigenvalue weighted by molar-refractivity contribution is 6.21. The highest BCUT2D eigenvalue weighted by atomic mass is 35.5. The van der Waals surface area contributed by atoms with Crippen molar-refractivity contribution in [1.29, 1.82) is 0 Å². The molecule has 1 N–H and O–H groups in total. The molecule has 1 rings (SSSR count). The molecule has 0 aromatic heterocycles. The first-order valence-corrected chi connectivity index (χ1v) is 3.69. The maximum Gasteiger partial charge on any atom is 0.310 e. The summed E-state index contributed by atoms with van der Waals surface area (Å²) < 4.78 is 0. The average molecular weight is 161 g/mol. The maximum absolute atomic E-state index is 10.4. The summed E-state index contributed by atoms with van der Waals surface area (Å²) in [6, 6.07) is 0. The first-order chi connectivity index (χ1) is 4.70. The number of carbonyl (C=O) groups is 1. The van der Waals surface area contributed by atoms with E-state index in [4.69, 9.17) is 16.7 Å². The smallest absolute Gasteiger partial charge is 0.310 e. The molecule has 2 unspecified atom stereocenters. The highest BCUT2D eigenvalue weighted by Gasteiger charge is 2.18. The lowest BCUT2D eigenvalue weighted by molar-refractivity contribution is -0.140. The van der Waals surface area contributed by atoms with E-state index < -0.39 is 5.97 Å². The number of hydrogen-bond donors (Lipinski definition) is 1. The highest BCUT2D eigenvalue weighted by Crippen LogP contribution is 2.20. The summed E-state index contributed by atoms with van der Waals surface area (Å²) in [4.78, 5) is 10.4. The molecule has 2 nitrogen and oxygen atoms in total. The van der Waals surface area contributed by atoms with Gasteiger partial charge in [-0.15, -0.1) is 11.6 Å². The van der Waals surface area contributed by atoms with Gasteiger partial charge in [-0.2, -0.15) is 0 Å². The van der Waals surface area contributed by atoms with Gasteiger partial charge in [-0.05, 0) is 12.8 Å². The van der Waals surface area contributed by atoms with E-state index in [1.165, 1.54) is 0 Å². The quantitative estimate of drug-likeness (QED) is 0.468. The topological polar surface area (TPSA) is 37.3 Å². The lowest BCUT2D eigenvalue weighted by Gasteiger charge is -2.14. The normalized spacial score (nSPS) is 32.1. The standard InChI is InChI=1S/C7H9ClO2/c8-6-3-1-5(2-4-6)7(9)10/h1,3,5-6H,2,4H2,(H,9,10). The van der Waals surface area contributed by atoms with Crippen molar-refractivity contribution in [3.05, 3.63) is 12.2 Å². The van der Waals surface area contributed by atoms with Gasteiger partial charge in [-0.3, -0.25) is 4.79 Å². The molecule has 1 aliphatic rings. The van der Waals surface area contributed by atoms with Crippen LogP contribution in [0.25, 0.3) is 0 Å². The van der Waals surface area contributed by atoms with Crippen molar-refractivity contribution in [2.24, 2.45) is 5.92 Å². The van der Waals surface area contributed by atoms with Crippen LogP contribution in [-0.4, -0.2) is 16.5 Å². The van der Waals surface area contributed by atoms with Crippen molar-refractivity contribution in [2.45, 2.75) is 18.2 Å². The van der Waals surface area contributed by atoms with Crippen LogP contribution in [-0.2, 0) is 4.79 Å². The Morgan fingerprint density at radius 3 is 2.60 bits per heavy atom. The Labute approximate surface area is 64.5 Å². The predicted octanol–water partition coefficient (Wildman–Crippen LogP) is 1.64. The molecule has 0 fully saturated rings. The predicted molar refractivity (Wildman–Crippen MR) is 39.1 cm³/mol. The number of halogens is 1. The molecule has 3 heteroatoms. The van der Waals surface area contributed by atoms with Gasteiger partial charge in [0.05, 0.1) is 11.3 Å². The number of hydrogen-bond acceptors (Lipinski definition) is 1. The number of rotatable bonds is 1. The maximum atomic E-state index is 10.4. The number of aliphatic carboxylic acids is 1. The Bertz CT molecular complexity index is 165. The SMILES string of the molecule is O=C(O)C1C=CC(Cl)CC1. The third kappa shape index (κ3) is 1.74. The second-order valence-corrected chi connectivity index (χ2v) is 2.98. The first kappa shape index (κ1) is 7.61. The summed E-state index contributed by atoms with van der Waals surface area (Å²) >= 11 is 5.71. The van der Waals surface area contributed by atoms with Gasteiger partial charge in [0.2, 0.25) is 0 Å². The van der Waals surface area contributed by atoms with E-state index in [9.17, 15) is 4.79 Å². The number of alkyl halides is 1. The van der Waals surface area contributed by atoms with Gasteiger partial charge in [0.1, 0.15) is 0 Å². The third-order valence-corrected chi connectivity index (χ3v) is 1.99. The molecule has 56 valence electrons. The fourth-order valence-electron chi connectivity index (χ4n) is 0.992. The van der Waals surface area contributed by atoms with E-state index in [2.05, 4.69) is 0 Å². The molecule has 0 bridgehead atoms. The first-order valence-electron chi connectivity index (χ1n) is 3.25. The second kappa shape index (κ2) is 3.06. The zero-order valence-corrected chi connectivity index (χ0v) is 6.21. The molecule has 0 radical (unpaired) electrons. The summed E-state index contributed by atoms with van der Waals surface area (Å²) in [7, 11) is 0. The molecule has 2 atom stereocenters. The minimum atomic E-state index is -0.750. The molecule has 0 saturated carbocycles. The van der Waals surface area contributed by atoms with Crippen molar-refractivity contribution < 1.29 is 9.90 Å². The zero-order chi connectivity index (χ0) is 7.56. The van der Waals surface area contributed by atoms with Crippen LogP contribution >= 0.6 is 11.6 Å². The van der Waals surface area contributed by atoms with Crippen LogP contribution in [0, 0.1) is 5.92 Å². The van der Waals surface area contributed by atoms with Crippen molar-refractivity contribution in [1.82, 2.24) is 0 Å². The van der Waals surface area contributed by atoms with Crippen LogP contribution in [0.15, 0.2) is 12.2 Å². The van der Waals surface area contributed by atoms with Crippen molar-refractivity contribution in [3.63, 3.8) is 0 Å². The van der Waals surface area contributed by atoms with Crippen molar-refractivity contribution in [2.75, 3.05) is 0 Å². The molecule has 0 aromatic rings. The van der Waals surface area contributed by atoms with Crippen LogP contribution in [0.4, 0.5) is 0 Å². The molecular formula is C7H9ClO2. The summed E-state index contributed by atoms with van der Waals surface area (Å²) in [6.07, 6.45) is 4.86. The van der Waals surface area contributed by atoms with E-state index in [1.54, 1.807) is 12.2 Å². The van der Waals surface area contributed by atoms with Gasteiger partial charge in [0.25, 0.3) is 0 Å². The molecule has 0 saturated heterocycles. The van der Waals surface area contributed by atoms with Gasteiger partial charge >= 0.3 is 5.97 Å². The minimum absolute atomic E-state index is 0.0376. The van der Waals surface area contributed by atoms with Crippen molar-refractivity contribution in [3.8, 4) is 0 Å². The van der Waals surface area contributed by atoms with Crippen LogP contribution < -0.4 is 0 Å². The summed E-state index contributed by atoms with van der Waals surface area (Å²) in [5.74, 6) is -1.06. The Balaban J connectivity index is 2.53. The molecule has 0 heterocycles. The lowest BCUT2D eigenvalue weighted by atomic mass is 9.96. The summed E-state index contributed by atoms with van der Waals surface area (Å²) in [5, 5.41) is 8.57. The summed E-state index contributed by atoms with van der Waals surface area (Å²) in [6.45, 7) is 0. The van der Waals surface area contributed by atoms with Gasteiger partial charge in [-0.25, -0.2) is 0 Å². The van der Waals surface area contributed by atoms with Gasteiger partial charge < -0.3 is 5.11 Å². The largest absolute Gasteiger partial charge is 0.481 e. The van der Waals surface area contributed by atoms with Crippen molar-refractivity contribution >= 4 is 17.6 Å². The summed E-state index contributed by atoms with van der Waals surface area (Å²) in [5.41, 5.74) is 0. The van der Waals surface area contributed by atoms with Crippen LogP contribution in [0.3, 0.4) is 0 Å². The van der Waals surface area contributed by atoms with Gasteiger partial charge in [0.15, 0.2) is 0 Å². The van der Waals surface area contributed by atoms with Crippen LogP contribution in [0.2, 0.25) is 0 Å². The molecule has 0 spiro atoms. The Hall–Kier alpha value is -0.500. The Kier molecular flexibility index (Phi) is 2.33. The van der Waals surface area contributed by atoms with Gasteiger partial charge in [0, 0.05) is 0 Å². The average Bonchev–Trinajstić information content (AvgIpc) is 1.88. The minimum Gasteiger partial charge on any atom is -0.481 e. The van der Waals surface area contributed by atoms with E-state index in [-0.39, 0.29) is 11.3 Å². The third-order valence-electron chi connectivity index (χ3n) is 1.62. The lowest BCUT2D eigenvalue weighted by Crippen LogP contribution is -2.16. The molecular weight excluding hydrogens is 152 g/mol. The number of carboxylic acid groups (broad SMARTS) is 1. The number of allylic oxidation sites excluding steroid dienone is 1. The Morgan fingerprint density at radius 1 is 1.50 bits per heavy atom. The second-order valence-electron chi connectivity index (χ2n) is 2.42. The molecule has 0 aliphatic heterocycles. The number of carboxylic acids is 1. The van der Waals surface area contributed by atoms with E-state index in [0.717, 1.165) is 6.42 Å². The fraction of sp³-hybridized carbons (Fsp3) is 0.571. The molecule has 0 aromatic carbocycles. The van der Waals surface area contributed by atoms with E-state index in [1.807, 2.05) is 0 Å². The Morgan fingerprint density at radius 2 is 2.20 bits per heavy atom. The molecule has 10 heavy (non-hydrogen) atoms. The van der Waals surface area contributed by atoms with Gasteiger partial charge in [-0.1, -0.05) is 12.2 Å². The zero-order valence-electron chi connectivity index (χ0n) is 5.46. The monoisotopic (exact) mass is 160 g/mol. The van der Waals surface area contributed by atoms with Crippen LogP contribution in [0.1, 0.15) is 12.8 Å².